The van der Waals surface area contributed by atoms with Crippen LogP contribution in [0.25, 0.3) is 11.0 Å². The SMILES string of the molecule is COc1ccc(C(=O)C(OC(=O)c2cc3cc(Br)cc(Br)c3oc2=O)c2ccc(OC)cc2)cc1. The van der Waals surface area contributed by atoms with E-state index in [0.29, 0.717) is 32.5 Å². The molecule has 0 bridgehead atoms. The van der Waals surface area contributed by atoms with Gasteiger partial charge in [-0.05, 0) is 70.5 Å². The van der Waals surface area contributed by atoms with Gasteiger partial charge in [-0.25, -0.2) is 9.59 Å². The summed E-state index contributed by atoms with van der Waals surface area (Å²) in [7, 11) is 3.04. The van der Waals surface area contributed by atoms with Crippen LogP contribution in [0.4, 0.5) is 0 Å². The third-order valence-electron chi connectivity index (χ3n) is 5.23. The van der Waals surface area contributed by atoms with E-state index in [1.54, 1.807) is 60.7 Å². The molecule has 0 spiro atoms. The van der Waals surface area contributed by atoms with Crippen LogP contribution in [0, 0.1) is 0 Å². The molecule has 0 aliphatic rings. The minimum Gasteiger partial charge on any atom is -0.497 e. The van der Waals surface area contributed by atoms with Crippen molar-refractivity contribution in [2.24, 2.45) is 0 Å². The Morgan fingerprint density at radius 3 is 2.06 bits per heavy atom. The second-order valence-electron chi connectivity index (χ2n) is 7.40. The lowest BCUT2D eigenvalue weighted by atomic mass is 9.99. The molecule has 0 radical (unpaired) electrons. The molecule has 9 heteroatoms. The quantitative estimate of drug-likeness (QED) is 0.143. The van der Waals surface area contributed by atoms with E-state index in [4.69, 9.17) is 18.6 Å². The van der Waals surface area contributed by atoms with Crippen LogP contribution in [0.5, 0.6) is 11.5 Å². The zero-order valence-corrected chi connectivity index (χ0v) is 21.7. The number of fused-ring (bicyclic) bond motifs is 1. The fraction of sp³-hybridized carbons (Fsp3) is 0.115. The van der Waals surface area contributed by atoms with Gasteiger partial charge in [-0.15, -0.1) is 0 Å². The van der Waals surface area contributed by atoms with Gasteiger partial charge in [0, 0.05) is 21.0 Å². The van der Waals surface area contributed by atoms with Gasteiger partial charge in [-0.2, -0.15) is 0 Å². The van der Waals surface area contributed by atoms with E-state index in [-0.39, 0.29) is 11.1 Å². The zero-order valence-electron chi connectivity index (χ0n) is 18.5. The topological polar surface area (TPSA) is 92.0 Å². The number of benzene rings is 3. The Bertz CT molecular complexity index is 1460. The van der Waals surface area contributed by atoms with E-state index in [1.807, 2.05) is 0 Å². The molecule has 4 rings (SSSR count). The Morgan fingerprint density at radius 2 is 1.46 bits per heavy atom. The van der Waals surface area contributed by atoms with E-state index in [1.165, 1.54) is 20.3 Å². The van der Waals surface area contributed by atoms with Gasteiger partial charge in [-0.3, -0.25) is 4.79 Å². The minimum atomic E-state index is -1.31. The number of methoxy groups -OCH3 is 2. The van der Waals surface area contributed by atoms with Crippen molar-refractivity contribution in [3.05, 3.63) is 103 Å². The number of ketones is 1. The second-order valence-corrected chi connectivity index (χ2v) is 9.17. The summed E-state index contributed by atoms with van der Waals surface area (Å²) in [6.45, 7) is 0. The molecule has 0 N–H and O–H groups in total. The number of halogens is 2. The lowest BCUT2D eigenvalue weighted by Crippen LogP contribution is -2.23. The Labute approximate surface area is 216 Å². The highest BCUT2D eigenvalue weighted by molar-refractivity contribution is 9.11. The van der Waals surface area contributed by atoms with Gasteiger partial charge < -0.3 is 18.6 Å². The maximum Gasteiger partial charge on any atom is 0.351 e. The molecule has 1 atom stereocenters. The van der Waals surface area contributed by atoms with E-state index in [9.17, 15) is 14.4 Å². The smallest absolute Gasteiger partial charge is 0.351 e. The second kappa shape index (κ2) is 10.5. The molecule has 0 aliphatic carbocycles. The molecule has 3 aromatic carbocycles. The lowest BCUT2D eigenvalue weighted by molar-refractivity contribution is 0.0276. The van der Waals surface area contributed by atoms with Gasteiger partial charge in [0.25, 0.3) is 0 Å². The molecule has 1 aromatic heterocycles. The van der Waals surface area contributed by atoms with E-state index in [0.717, 1.165) is 4.47 Å². The van der Waals surface area contributed by atoms with Crippen molar-refractivity contribution < 1.29 is 28.2 Å². The number of hydrogen-bond donors (Lipinski definition) is 0. The van der Waals surface area contributed by atoms with Crippen molar-refractivity contribution in [3.8, 4) is 11.5 Å². The van der Waals surface area contributed by atoms with Crippen molar-refractivity contribution >= 4 is 54.6 Å². The number of carbonyl (C=O) groups excluding carboxylic acids is 2. The summed E-state index contributed by atoms with van der Waals surface area (Å²) in [6, 6.07) is 17.7. The summed E-state index contributed by atoms with van der Waals surface area (Å²) in [5, 5.41) is 0.500. The predicted molar refractivity (Wildman–Crippen MR) is 136 cm³/mol. The summed E-state index contributed by atoms with van der Waals surface area (Å²) in [4.78, 5) is 39.1. The van der Waals surface area contributed by atoms with Gasteiger partial charge >= 0.3 is 11.6 Å². The van der Waals surface area contributed by atoms with Gasteiger partial charge in [0.15, 0.2) is 11.7 Å². The van der Waals surface area contributed by atoms with Crippen molar-refractivity contribution in [2.45, 2.75) is 6.10 Å². The molecule has 178 valence electrons. The van der Waals surface area contributed by atoms with Crippen LogP contribution >= 0.6 is 31.9 Å². The molecule has 35 heavy (non-hydrogen) atoms. The van der Waals surface area contributed by atoms with Gasteiger partial charge in [0.05, 0.1) is 18.7 Å². The number of esters is 1. The van der Waals surface area contributed by atoms with Crippen LogP contribution in [0.3, 0.4) is 0 Å². The average Bonchev–Trinajstić information content (AvgIpc) is 2.87. The monoisotopic (exact) mass is 600 g/mol. The van der Waals surface area contributed by atoms with Gasteiger partial charge in [-0.1, -0.05) is 28.1 Å². The molecule has 4 aromatic rings. The maximum atomic E-state index is 13.4. The normalized spacial score (nSPS) is 11.7. The van der Waals surface area contributed by atoms with Crippen molar-refractivity contribution in [3.63, 3.8) is 0 Å². The maximum absolute atomic E-state index is 13.4. The molecule has 0 amide bonds. The summed E-state index contributed by atoms with van der Waals surface area (Å²) in [5.74, 6) is -0.311. The Morgan fingerprint density at radius 1 is 0.857 bits per heavy atom. The van der Waals surface area contributed by atoms with Crippen molar-refractivity contribution in [2.75, 3.05) is 14.2 Å². The molecule has 0 fully saturated rings. The Hall–Kier alpha value is -3.43. The fourth-order valence-corrected chi connectivity index (χ4v) is 4.77. The highest BCUT2D eigenvalue weighted by Gasteiger charge is 2.29. The van der Waals surface area contributed by atoms with E-state index in [2.05, 4.69) is 31.9 Å². The molecule has 0 saturated heterocycles. The van der Waals surface area contributed by atoms with E-state index < -0.39 is 23.5 Å². The van der Waals surface area contributed by atoms with Crippen LogP contribution in [-0.2, 0) is 4.74 Å². The zero-order chi connectivity index (χ0) is 25.1. The van der Waals surface area contributed by atoms with Gasteiger partial charge in [0.2, 0.25) is 5.78 Å². The molecule has 7 nitrogen and oxygen atoms in total. The highest BCUT2D eigenvalue weighted by atomic mass is 79.9. The van der Waals surface area contributed by atoms with Crippen LogP contribution < -0.4 is 15.1 Å². The first kappa shape index (κ1) is 24.7. The first-order chi connectivity index (χ1) is 16.8. The van der Waals surface area contributed by atoms with Crippen LogP contribution in [0.2, 0.25) is 0 Å². The van der Waals surface area contributed by atoms with Crippen LogP contribution in [0.15, 0.2) is 84.9 Å². The largest absolute Gasteiger partial charge is 0.497 e. The minimum absolute atomic E-state index is 0.288. The third kappa shape index (κ3) is 5.31. The lowest BCUT2D eigenvalue weighted by Gasteiger charge is -2.18. The fourth-order valence-electron chi connectivity index (χ4n) is 3.43. The third-order valence-corrected chi connectivity index (χ3v) is 6.27. The first-order valence-corrected chi connectivity index (χ1v) is 11.9. The summed E-state index contributed by atoms with van der Waals surface area (Å²) in [5.41, 5.74) is -0.205. The number of ether oxygens (including phenoxy) is 3. The molecule has 1 unspecified atom stereocenters. The van der Waals surface area contributed by atoms with Crippen LogP contribution in [-0.4, -0.2) is 26.0 Å². The Balaban J connectivity index is 1.73. The van der Waals surface area contributed by atoms with Crippen LogP contribution in [0.1, 0.15) is 32.4 Å². The predicted octanol–water partition coefficient (Wildman–Crippen LogP) is 6.12. The molecular weight excluding hydrogens is 584 g/mol. The van der Waals surface area contributed by atoms with Crippen molar-refractivity contribution in [1.82, 2.24) is 0 Å². The van der Waals surface area contributed by atoms with E-state index >= 15 is 0 Å². The molecule has 0 aliphatic heterocycles. The molecule has 1 heterocycles. The average molecular weight is 602 g/mol. The molecular formula is C26H18Br2O7. The number of carbonyl (C=O) groups is 2. The Kier molecular flexibility index (Phi) is 7.37. The van der Waals surface area contributed by atoms with Crippen molar-refractivity contribution in [1.29, 1.82) is 0 Å². The summed E-state index contributed by atoms with van der Waals surface area (Å²) in [6.07, 6.45) is -1.31. The van der Waals surface area contributed by atoms with Gasteiger partial charge in [0.1, 0.15) is 17.1 Å². The molecule has 0 saturated carbocycles. The number of rotatable bonds is 7. The number of Topliss-reactive ketones (excluding diaryl/α,β-unsaturated/α-hetero) is 1. The number of hydrogen-bond acceptors (Lipinski definition) is 7. The summed E-state index contributed by atoms with van der Waals surface area (Å²) >= 11 is 6.71. The standard InChI is InChI=1S/C26H18Br2O7/c1-32-18-7-3-14(4-8-18)22(29)24(15-5-9-19(33-2)10-6-15)35-26(31)20-12-16-11-17(27)13-21(28)23(16)34-25(20)30/h3-13,24H,1-2H3. The summed E-state index contributed by atoms with van der Waals surface area (Å²) < 4.78 is 22.6. The highest BCUT2D eigenvalue weighted by Crippen LogP contribution is 2.30. The first-order valence-electron chi connectivity index (χ1n) is 10.3.